The van der Waals surface area contributed by atoms with Crippen molar-refractivity contribution in [3.05, 3.63) is 71.8 Å². The number of rotatable bonds is 8. The molecule has 0 spiro atoms. The Morgan fingerprint density at radius 1 is 1.00 bits per heavy atom. The molecule has 0 radical (unpaired) electrons. The van der Waals surface area contributed by atoms with Gasteiger partial charge in [-0.05, 0) is 25.0 Å². The summed E-state index contributed by atoms with van der Waals surface area (Å²) in [5, 5.41) is 9.85. The van der Waals surface area contributed by atoms with Crippen LogP contribution < -0.4 is 0 Å². The van der Waals surface area contributed by atoms with Gasteiger partial charge in [-0.15, -0.1) is 0 Å². The van der Waals surface area contributed by atoms with E-state index in [-0.39, 0.29) is 25.5 Å². The number of carbonyl (C=O) groups excluding carboxylic acids is 2. The molecule has 0 heterocycles. The van der Waals surface area contributed by atoms with E-state index in [1.807, 2.05) is 60.7 Å². The van der Waals surface area contributed by atoms with Gasteiger partial charge in [0.15, 0.2) is 0 Å². The first kappa shape index (κ1) is 20.6. The normalized spacial score (nSPS) is 11.3. The summed E-state index contributed by atoms with van der Waals surface area (Å²) in [6.07, 6.45) is 0.0714. The summed E-state index contributed by atoms with van der Waals surface area (Å²) in [6.45, 7) is 3.54. The molecule has 27 heavy (non-hydrogen) atoms. The molecule has 0 atom stereocenters. The van der Waals surface area contributed by atoms with E-state index >= 15 is 0 Å². The molecular weight excluding hydrogens is 342 g/mol. The lowest BCUT2D eigenvalue weighted by Gasteiger charge is -2.39. The Morgan fingerprint density at radius 3 is 1.89 bits per heavy atom. The van der Waals surface area contributed by atoms with E-state index in [1.54, 1.807) is 18.7 Å². The number of carbonyl (C=O) groups is 2. The second-order valence-corrected chi connectivity index (χ2v) is 7.04. The van der Waals surface area contributed by atoms with Gasteiger partial charge in [-0.1, -0.05) is 60.7 Å². The van der Waals surface area contributed by atoms with Crippen LogP contribution in [0.15, 0.2) is 60.7 Å². The molecule has 144 valence electrons. The van der Waals surface area contributed by atoms with Crippen LogP contribution in [-0.2, 0) is 14.3 Å². The van der Waals surface area contributed by atoms with Crippen molar-refractivity contribution in [1.29, 1.82) is 0 Å². The predicted molar refractivity (Wildman–Crippen MR) is 104 cm³/mol. The third-order valence-corrected chi connectivity index (χ3v) is 4.66. The molecule has 0 aliphatic heterocycles. The lowest BCUT2D eigenvalue weighted by molar-refractivity contribution is -0.144. The number of hydrogen-bond acceptors (Lipinski definition) is 4. The smallest absolute Gasteiger partial charge is 0.307 e. The van der Waals surface area contributed by atoms with E-state index in [0.717, 1.165) is 11.1 Å². The molecule has 1 amide bonds. The molecule has 5 nitrogen and oxygen atoms in total. The van der Waals surface area contributed by atoms with Gasteiger partial charge in [-0.3, -0.25) is 9.59 Å². The Kier molecular flexibility index (Phi) is 7.13. The van der Waals surface area contributed by atoms with Crippen LogP contribution in [0.1, 0.15) is 37.3 Å². The molecule has 0 bridgehead atoms. The number of aliphatic hydroxyl groups excluding tert-OH is 1. The zero-order valence-corrected chi connectivity index (χ0v) is 16.1. The van der Waals surface area contributed by atoms with Gasteiger partial charge < -0.3 is 14.7 Å². The van der Waals surface area contributed by atoms with Crippen molar-refractivity contribution in [3.63, 3.8) is 0 Å². The van der Waals surface area contributed by atoms with E-state index < -0.39 is 17.4 Å². The Balaban J connectivity index is 2.44. The quantitative estimate of drug-likeness (QED) is 0.727. The average molecular weight is 369 g/mol. The number of amides is 1. The number of aliphatic hydroxyl groups is 1. The summed E-state index contributed by atoms with van der Waals surface area (Å²) in [7, 11) is 1.32. The Bertz CT molecular complexity index is 704. The topological polar surface area (TPSA) is 66.8 Å². The van der Waals surface area contributed by atoms with Gasteiger partial charge in [0.05, 0.1) is 31.6 Å². The maximum Gasteiger partial charge on any atom is 0.307 e. The Morgan fingerprint density at radius 2 is 1.48 bits per heavy atom. The maximum atomic E-state index is 13.6. The molecule has 0 aliphatic rings. The molecule has 5 heteroatoms. The first-order chi connectivity index (χ1) is 12.9. The van der Waals surface area contributed by atoms with Crippen LogP contribution in [0.3, 0.4) is 0 Å². The first-order valence-electron chi connectivity index (χ1n) is 8.99. The number of benzene rings is 2. The van der Waals surface area contributed by atoms with Gasteiger partial charge in [-0.25, -0.2) is 0 Å². The third-order valence-electron chi connectivity index (χ3n) is 4.66. The maximum absolute atomic E-state index is 13.6. The summed E-state index contributed by atoms with van der Waals surface area (Å²) in [5.41, 5.74) is 0.920. The lowest BCUT2D eigenvalue weighted by Crippen LogP contribution is -2.52. The van der Waals surface area contributed by atoms with Crippen LogP contribution in [0.25, 0.3) is 0 Å². The second kappa shape index (κ2) is 9.33. The summed E-state index contributed by atoms with van der Waals surface area (Å²) in [6, 6.07) is 19.1. The zero-order valence-electron chi connectivity index (χ0n) is 16.1. The summed E-state index contributed by atoms with van der Waals surface area (Å²) >= 11 is 0. The van der Waals surface area contributed by atoms with Crippen molar-refractivity contribution in [1.82, 2.24) is 4.90 Å². The molecule has 0 unspecified atom stereocenters. The number of methoxy groups -OCH3 is 1. The van der Waals surface area contributed by atoms with Gasteiger partial charge in [-0.2, -0.15) is 0 Å². The van der Waals surface area contributed by atoms with Crippen LogP contribution >= 0.6 is 0 Å². The van der Waals surface area contributed by atoms with Crippen molar-refractivity contribution in [2.24, 2.45) is 0 Å². The Labute approximate surface area is 160 Å². The fourth-order valence-electron chi connectivity index (χ4n) is 3.03. The predicted octanol–water partition coefficient (Wildman–Crippen LogP) is 2.98. The molecule has 2 rings (SSSR count). The molecule has 2 aromatic rings. The highest BCUT2D eigenvalue weighted by atomic mass is 16.5. The summed E-state index contributed by atoms with van der Waals surface area (Å²) in [5.74, 6) is -1.07. The number of ether oxygens (including phenoxy) is 1. The van der Waals surface area contributed by atoms with E-state index in [0.29, 0.717) is 0 Å². The van der Waals surface area contributed by atoms with E-state index in [2.05, 4.69) is 0 Å². The summed E-state index contributed by atoms with van der Waals surface area (Å²) in [4.78, 5) is 26.8. The zero-order chi connectivity index (χ0) is 19.9. The number of nitrogens with zero attached hydrogens (tertiary/aromatic N) is 1. The van der Waals surface area contributed by atoms with E-state index in [4.69, 9.17) is 4.74 Å². The molecule has 0 aliphatic carbocycles. The van der Waals surface area contributed by atoms with Gasteiger partial charge in [0, 0.05) is 6.54 Å². The van der Waals surface area contributed by atoms with Crippen molar-refractivity contribution in [2.75, 3.05) is 20.3 Å². The molecular formula is C22H27NO4. The van der Waals surface area contributed by atoms with Crippen molar-refractivity contribution in [3.8, 4) is 0 Å². The fourth-order valence-corrected chi connectivity index (χ4v) is 3.03. The van der Waals surface area contributed by atoms with Crippen LogP contribution in [-0.4, -0.2) is 47.7 Å². The standard InChI is InChI=1S/C22H27NO4/c1-22(2,16-24)23(15-14-19(25)27-3)21(26)20(17-10-6-4-7-11-17)18-12-8-5-9-13-18/h4-13,20,24H,14-16H2,1-3H3. The molecule has 0 fully saturated rings. The Hall–Kier alpha value is -2.66. The fraction of sp³-hybridized carbons (Fsp3) is 0.364. The highest BCUT2D eigenvalue weighted by Gasteiger charge is 2.36. The third kappa shape index (κ3) is 5.17. The molecule has 1 N–H and O–H groups in total. The SMILES string of the molecule is COC(=O)CCN(C(=O)C(c1ccccc1)c1ccccc1)C(C)(C)CO. The number of hydrogen-bond donors (Lipinski definition) is 1. The minimum Gasteiger partial charge on any atom is -0.469 e. The highest BCUT2D eigenvalue weighted by molar-refractivity contribution is 5.88. The van der Waals surface area contributed by atoms with E-state index in [1.165, 1.54) is 7.11 Å². The largest absolute Gasteiger partial charge is 0.469 e. The number of esters is 1. The monoisotopic (exact) mass is 369 g/mol. The molecule has 0 saturated carbocycles. The first-order valence-corrected chi connectivity index (χ1v) is 8.99. The summed E-state index contributed by atoms with van der Waals surface area (Å²) < 4.78 is 4.72. The van der Waals surface area contributed by atoms with Gasteiger partial charge in [0.1, 0.15) is 0 Å². The van der Waals surface area contributed by atoms with Crippen molar-refractivity contribution in [2.45, 2.75) is 31.7 Å². The highest BCUT2D eigenvalue weighted by Crippen LogP contribution is 2.30. The van der Waals surface area contributed by atoms with Crippen LogP contribution in [0.2, 0.25) is 0 Å². The van der Waals surface area contributed by atoms with E-state index in [9.17, 15) is 14.7 Å². The molecule has 0 saturated heterocycles. The van der Waals surface area contributed by atoms with Crippen LogP contribution in [0.4, 0.5) is 0 Å². The minimum absolute atomic E-state index is 0.0714. The minimum atomic E-state index is -0.813. The van der Waals surface area contributed by atoms with Crippen LogP contribution in [0.5, 0.6) is 0 Å². The molecule has 0 aromatic heterocycles. The second-order valence-electron chi connectivity index (χ2n) is 7.04. The molecule has 2 aromatic carbocycles. The van der Waals surface area contributed by atoms with Gasteiger partial charge >= 0.3 is 5.97 Å². The van der Waals surface area contributed by atoms with Gasteiger partial charge in [0.2, 0.25) is 5.91 Å². The van der Waals surface area contributed by atoms with Gasteiger partial charge in [0.25, 0.3) is 0 Å². The average Bonchev–Trinajstić information content (AvgIpc) is 2.69. The lowest BCUT2D eigenvalue weighted by atomic mass is 9.88. The van der Waals surface area contributed by atoms with Crippen LogP contribution in [0, 0.1) is 0 Å². The van der Waals surface area contributed by atoms with Crippen molar-refractivity contribution < 1.29 is 19.4 Å². The van der Waals surface area contributed by atoms with Crippen molar-refractivity contribution >= 4 is 11.9 Å².